The van der Waals surface area contributed by atoms with Gasteiger partial charge in [0.1, 0.15) is 5.15 Å². The van der Waals surface area contributed by atoms with Crippen LogP contribution in [0.5, 0.6) is 0 Å². The highest BCUT2D eigenvalue weighted by atomic mass is 79.9. The average molecular weight is 378 g/mol. The van der Waals surface area contributed by atoms with Crippen molar-refractivity contribution in [2.45, 2.75) is 18.8 Å². The Morgan fingerprint density at radius 3 is 2.21 bits per heavy atom. The number of benzene rings is 1. The second-order valence-corrected chi connectivity index (χ2v) is 6.49. The fourth-order valence-corrected chi connectivity index (χ4v) is 3.08. The zero-order valence-corrected chi connectivity index (χ0v) is 13.5. The van der Waals surface area contributed by atoms with Crippen molar-refractivity contribution >= 4 is 50.7 Å². The average Bonchev–Trinajstić information content (AvgIpc) is 3.15. The van der Waals surface area contributed by atoms with E-state index in [1.165, 1.54) is 0 Å². The van der Waals surface area contributed by atoms with Crippen LogP contribution in [0.15, 0.2) is 22.7 Å². The molecular formula is C13H8BrCl3N2. The number of hydrogen-bond donors (Lipinski definition) is 0. The zero-order chi connectivity index (χ0) is 13.6. The molecule has 19 heavy (non-hydrogen) atoms. The van der Waals surface area contributed by atoms with Crippen LogP contribution in [0.4, 0.5) is 0 Å². The maximum atomic E-state index is 6.16. The topological polar surface area (TPSA) is 25.8 Å². The van der Waals surface area contributed by atoms with E-state index in [2.05, 4.69) is 25.9 Å². The Morgan fingerprint density at radius 2 is 1.63 bits per heavy atom. The summed E-state index contributed by atoms with van der Waals surface area (Å²) in [4.78, 5) is 8.87. The van der Waals surface area contributed by atoms with Crippen molar-refractivity contribution in [1.82, 2.24) is 9.97 Å². The first-order valence-corrected chi connectivity index (χ1v) is 7.66. The number of hydrogen-bond acceptors (Lipinski definition) is 2. The van der Waals surface area contributed by atoms with E-state index in [1.807, 2.05) is 0 Å². The van der Waals surface area contributed by atoms with E-state index in [1.54, 1.807) is 18.2 Å². The lowest BCUT2D eigenvalue weighted by Crippen LogP contribution is -1.97. The first-order chi connectivity index (χ1) is 9.04. The van der Waals surface area contributed by atoms with E-state index in [9.17, 15) is 0 Å². The van der Waals surface area contributed by atoms with E-state index >= 15 is 0 Å². The Balaban J connectivity index is 2.14. The van der Waals surface area contributed by atoms with Gasteiger partial charge >= 0.3 is 0 Å². The molecule has 1 saturated carbocycles. The largest absolute Gasteiger partial charge is 0.231 e. The van der Waals surface area contributed by atoms with Gasteiger partial charge in [0.2, 0.25) is 0 Å². The highest BCUT2D eigenvalue weighted by molar-refractivity contribution is 9.10. The smallest absolute Gasteiger partial charge is 0.161 e. The molecule has 0 spiro atoms. The molecule has 0 N–H and O–H groups in total. The molecule has 1 aromatic heterocycles. The predicted molar refractivity (Wildman–Crippen MR) is 82.2 cm³/mol. The van der Waals surface area contributed by atoms with Gasteiger partial charge in [-0.2, -0.15) is 0 Å². The van der Waals surface area contributed by atoms with Crippen LogP contribution in [-0.2, 0) is 0 Å². The number of halogens is 4. The maximum Gasteiger partial charge on any atom is 0.161 e. The fourth-order valence-electron chi connectivity index (χ4n) is 1.88. The number of rotatable bonds is 2. The van der Waals surface area contributed by atoms with Crippen LogP contribution in [0.1, 0.15) is 24.5 Å². The molecule has 0 saturated heterocycles. The highest BCUT2D eigenvalue weighted by Gasteiger charge is 2.29. The van der Waals surface area contributed by atoms with Crippen LogP contribution in [-0.4, -0.2) is 9.97 Å². The van der Waals surface area contributed by atoms with Gasteiger partial charge in [0.05, 0.1) is 10.2 Å². The lowest BCUT2D eigenvalue weighted by atomic mass is 10.2. The zero-order valence-electron chi connectivity index (χ0n) is 9.63. The summed E-state index contributed by atoms with van der Waals surface area (Å²) in [6.07, 6.45) is 2.28. The highest BCUT2D eigenvalue weighted by Crippen LogP contribution is 2.44. The standard InChI is InChI=1S/C13H8BrCl3N2/c14-10-11(6-1-2-6)18-13(19-12(10)17)7-3-8(15)5-9(16)4-7/h3-6H,1-2H2. The van der Waals surface area contributed by atoms with Crippen LogP contribution in [0.25, 0.3) is 11.4 Å². The number of aromatic nitrogens is 2. The van der Waals surface area contributed by atoms with Gasteiger partial charge in [-0.05, 0) is 47.0 Å². The molecule has 1 aliphatic carbocycles. The van der Waals surface area contributed by atoms with Gasteiger partial charge in [0.25, 0.3) is 0 Å². The van der Waals surface area contributed by atoms with Gasteiger partial charge in [-0.25, -0.2) is 9.97 Å². The summed E-state index contributed by atoms with van der Waals surface area (Å²) in [6.45, 7) is 0. The van der Waals surface area contributed by atoms with Crippen LogP contribution < -0.4 is 0 Å². The lowest BCUT2D eigenvalue weighted by Gasteiger charge is -2.08. The molecule has 6 heteroatoms. The molecule has 0 radical (unpaired) electrons. The summed E-state index contributed by atoms with van der Waals surface area (Å²) < 4.78 is 0.786. The molecule has 2 nitrogen and oxygen atoms in total. The first-order valence-electron chi connectivity index (χ1n) is 5.74. The quantitative estimate of drug-likeness (QED) is 0.623. The molecule has 1 fully saturated rings. The first kappa shape index (κ1) is 13.6. The van der Waals surface area contributed by atoms with Crippen LogP contribution in [0.2, 0.25) is 15.2 Å². The molecule has 1 aromatic carbocycles. The maximum absolute atomic E-state index is 6.16. The van der Waals surface area contributed by atoms with E-state index in [4.69, 9.17) is 34.8 Å². The number of nitrogens with zero attached hydrogens (tertiary/aromatic N) is 2. The Kier molecular flexibility index (Phi) is 3.73. The van der Waals surface area contributed by atoms with Crippen LogP contribution >= 0.6 is 50.7 Å². The molecule has 98 valence electrons. The normalized spacial score (nSPS) is 14.7. The van der Waals surface area contributed by atoms with Gasteiger partial charge in [-0.1, -0.05) is 34.8 Å². The summed E-state index contributed by atoms with van der Waals surface area (Å²) in [5.74, 6) is 1.03. The predicted octanol–water partition coefficient (Wildman–Crippen LogP) is 5.74. The molecular weight excluding hydrogens is 370 g/mol. The molecule has 0 aliphatic heterocycles. The van der Waals surface area contributed by atoms with Crippen molar-refractivity contribution in [3.8, 4) is 11.4 Å². The Hall–Kier alpha value is -0.350. The molecule has 0 bridgehead atoms. The van der Waals surface area contributed by atoms with Gasteiger partial charge in [-0.15, -0.1) is 0 Å². The van der Waals surface area contributed by atoms with Crippen LogP contribution in [0.3, 0.4) is 0 Å². The van der Waals surface area contributed by atoms with Crippen molar-refractivity contribution in [2.75, 3.05) is 0 Å². The van der Waals surface area contributed by atoms with Gasteiger partial charge in [0.15, 0.2) is 5.82 Å². The lowest BCUT2D eigenvalue weighted by molar-refractivity contribution is 0.979. The SMILES string of the molecule is Clc1cc(Cl)cc(-c2nc(Cl)c(Br)c(C3CC3)n2)c1. The van der Waals surface area contributed by atoms with E-state index in [-0.39, 0.29) is 0 Å². The molecule has 0 unspecified atom stereocenters. The van der Waals surface area contributed by atoms with E-state index in [0.717, 1.165) is 28.6 Å². The fraction of sp³-hybridized carbons (Fsp3) is 0.231. The summed E-state index contributed by atoms with van der Waals surface area (Å²) >= 11 is 21.6. The third-order valence-electron chi connectivity index (χ3n) is 2.92. The summed E-state index contributed by atoms with van der Waals surface area (Å²) in [5.41, 5.74) is 1.74. The molecule has 0 atom stereocenters. The van der Waals surface area contributed by atoms with E-state index in [0.29, 0.717) is 26.9 Å². The van der Waals surface area contributed by atoms with Gasteiger partial charge in [0, 0.05) is 21.5 Å². The molecule has 1 heterocycles. The summed E-state index contributed by atoms with van der Waals surface area (Å²) in [5, 5.41) is 1.53. The Morgan fingerprint density at radius 1 is 1.00 bits per heavy atom. The van der Waals surface area contributed by atoms with Gasteiger partial charge < -0.3 is 0 Å². The monoisotopic (exact) mass is 376 g/mol. The van der Waals surface area contributed by atoms with Crippen molar-refractivity contribution in [3.05, 3.63) is 43.6 Å². The summed E-state index contributed by atoms with van der Waals surface area (Å²) in [6, 6.07) is 5.24. The van der Waals surface area contributed by atoms with Gasteiger partial charge in [-0.3, -0.25) is 0 Å². The summed E-state index contributed by atoms with van der Waals surface area (Å²) in [7, 11) is 0. The van der Waals surface area contributed by atoms with Crippen molar-refractivity contribution in [1.29, 1.82) is 0 Å². The van der Waals surface area contributed by atoms with Crippen molar-refractivity contribution in [2.24, 2.45) is 0 Å². The van der Waals surface area contributed by atoms with Crippen molar-refractivity contribution in [3.63, 3.8) is 0 Å². The second kappa shape index (κ2) is 5.21. The minimum Gasteiger partial charge on any atom is -0.231 e. The molecule has 1 aliphatic rings. The third kappa shape index (κ3) is 2.89. The molecule has 3 rings (SSSR count). The van der Waals surface area contributed by atoms with Crippen LogP contribution in [0, 0.1) is 0 Å². The van der Waals surface area contributed by atoms with Crippen molar-refractivity contribution < 1.29 is 0 Å². The Bertz CT molecular complexity index is 636. The Labute approximate surface area is 134 Å². The van der Waals surface area contributed by atoms with E-state index < -0.39 is 0 Å². The minimum absolute atomic E-state index is 0.419. The molecule has 2 aromatic rings. The third-order valence-corrected chi connectivity index (χ3v) is 4.64. The minimum atomic E-state index is 0.419. The second-order valence-electron chi connectivity index (χ2n) is 4.47. The molecule has 0 amide bonds.